The molecule has 0 radical (unpaired) electrons. The van der Waals surface area contributed by atoms with Crippen LogP contribution in [0.1, 0.15) is 13.8 Å². The first kappa shape index (κ1) is 39.1. The Kier molecular flexibility index (Phi) is 12.5. The third kappa shape index (κ3) is 9.99. The molecular formula is C34H31F6N7O4S. The van der Waals surface area contributed by atoms with Crippen LogP contribution in [0.25, 0.3) is 32.9 Å². The topological polar surface area (TPSA) is 145 Å². The Hall–Kier alpha value is -5.65. The number of anilines is 2. The van der Waals surface area contributed by atoms with E-state index in [0.29, 0.717) is 5.92 Å². The molecule has 0 aliphatic carbocycles. The maximum absolute atomic E-state index is 10.6. The number of hydrogen-bond acceptors (Lipinski definition) is 8. The van der Waals surface area contributed by atoms with Gasteiger partial charge < -0.3 is 25.3 Å². The van der Waals surface area contributed by atoms with Crippen molar-refractivity contribution < 1.29 is 46.1 Å². The molecule has 52 heavy (non-hydrogen) atoms. The van der Waals surface area contributed by atoms with Gasteiger partial charge in [-0.15, -0.1) is 10.2 Å². The highest BCUT2D eigenvalue weighted by molar-refractivity contribution is 7.80. The number of piperazine rings is 1. The summed E-state index contributed by atoms with van der Waals surface area (Å²) < 4.78 is 63.5. The maximum atomic E-state index is 10.6. The van der Waals surface area contributed by atoms with Gasteiger partial charge in [-0.25, -0.2) is 9.59 Å². The normalized spacial score (nSPS) is 14.6. The third-order valence-electron chi connectivity index (χ3n) is 7.75. The van der Waals surface area contributed by atoms with E-state index < -0.39 is 24.3 Å². The summed E-state index contributed by atoms with van der Waals surface area (Å²) in [5.74, 6) is -4.22. The number of aromatic nitrogens is 4. The summed E-state index contributed by atoms with van der Waals surface area (Å²) in [5, 5.41) is 31.0. The third-order valence-corrected chi connectivity index (χ3v) is 8.09. The van der Waals surface area contributed by atoms with Gasteiger partial charge in [-0.3, -0.25) is 9.97 Å². The number of carboxylic acid groups (broad SMARTS) is 2. The zero-order chi connectivity index (χ0) is 38.2. The molecular weight excluding hydrogens is 716 g/mol. The van der Waals surface area contributed by atoms with Crippen LogP contribution in [0.2, 0.25) is 0 Å². The van der Waals surface area contributed by atoms with E-state index in [1.54, 1.807) is 0 Å². The van der Waals surface area contributed by atoms with Crippen LogP contribution < -0.4 is 10.2 Å². The smallest absolute Gasteiger partial charge is 0.475 e. The van der Waals surface area contributed by atoms with Gasteiger partial charge in [0.1, 0.15) is 0 Å². The predicted molar refractivity (Wildman–Crippen MR) is 186 cm³/mol. The average molecular weight is 748 g/mol. The Bertz CT molecular complexity index is 2000. The number of nitrogens with zero attached hydrogens (tertiary/aromatic N) is 6. The standard InChI is InChI=1S/C30H29N7S.2C2HF3O2/c1-20(2)28-19-36(16-17-37(28)30(38)33-26-10-4-9-25-24(26)8-5-14-32-25)29-12-11-27(34-35-29)23-7-3-6-21-18-31-15-13-22(21)23;2*3-2(4,5)1(6)7/h3-15,18,20,28H,16-17,19H2,1-2H3,(H,33,38);2*(H,6,7). The van der Waals surface area contributed by atoms with Crippen molar-refractivity contribution in [3.63, 3.8) is 0 Å². The minimum atomic E-state index is -5.08. The first-order valence-electron chi connectivity index (χ1n) is 15.4. The van der Waals surface area contributed by atoms with Crippen LogP contribution >= 0.6 is 12.2 Å². The molecule has 1 aliphatic heterocycles. The quantitative estimate of drug-likeness (QED) is 0.128. The first-order valence-corrected chi connectivity index (χ1v) is 15.8. The van der Waals surface area contributed by atoms with Crippen molar-refractivity contribution in [2.24, 2.45) is 5.92 Å². The van der Waals surface area contributed by atoms with Crippen molar-refractivity contribution in [3.05, 3.63) is 85.3 Å². The van der Waals surface area contributed by atoms with E-state index in [1.165, 1.54) is 0 Å². The number of pyridine rings is 2. The van der Waals surface area contributed by atoms with Gasteiger partial charge in [0.2, 0.25) is 0 Å². The molecule has 4 heterocycles. The molecule has 3 N–H and O–H groups in total. The number of alkyl halides is 6. The minimum absolute atomic E-state index is 0.240. The highest BCUT2D eigenvalue weighted by Gasteiger charge is 2.39. The molecule has 1 saturated heterocycles. The molecule has 1 aliphatic rings. The number of carbonyl (C=O) groups is 2. The lowest BCUT2D eigenvalue weighted by atomic mass is 10.00. The lowest BCUT2D eigenvalue weighted by molar-refractivity contribution is -0.193. The van der Waals surface area contributed by atoms with Crippen LogP contribution in [0.3, 0.4) is 0 Å². The van der Waals surface area contributed by atoms with E-state index in [4.69, 9.17) is 32.0 Å². The van der Waals surface area contributed by atoms with E-state index in [9.17, 15) is 26.3 Å². The number of benzene rings is 2. The van der Waals surface area contributed by atoms with E-state index in [2.05, 4.69) is 85.5 Å². The Morgan fingerprint density at radius 3 is 2.13 bits per heavy atom. The van der Waals surface area contributed by atoms with E-state index in [1.807, 2.05) is 48.9 Å². The van der Waals surface area contributed by atoms with Gasteiger partial charge in [0.25, 0.3) is 0 Å². The monoisotopic (exact) mass is 747 g/mol. The largest absolute Gasteiger partial charge is 0.490 e. The van der Waals surface area contributed by atoms with Crippen LogP contribution in [0.4, 0.5) is 37.8 Å². The minimum Gasteiger partial charge on any atom is -0.475 e. The molecule has 1 atom stereocenters. The summed E-state index contributed by atoms with van der Waals surface area (Å²) in [6.07, 6.45) is -4.66. The van der Waals surface area contributed by atoms with Crippen molar-refractivity contribution in [3.8, 4) is 11.3 Å². The average Bonchev–Trinajstić information content (AvgIpc) is 3.11. The molecule has 6 rings (SSSR count). The Balaban J connectivity index is 0.000000367. The van der Waals surface area contributed by atoms with Crippen LogP contribution in [-0.4, -0.2) is 90.4 Å². The van der Waals surface area contributed by atoms with Gasteiger partial charge in [-0.2, -0.15) is 26.3 Å². The van der Waals surface area contributed by atoms with Crippen molar-refractivity contribution in [1.82, 2.24) is 25.1 Å². The summed E-state index contributed by atoms with van der Waals surface area (Å²) in [5.41, 5.74) is 3.86. The predicted octanol–water partition coefficient (Wildman–Crippen LogP) is 7.05. The molecule has 1 unspecified atom stereocenters. The number of halogens is 6. The van der Waals surface area contributed by atoms with Crippen molar-refractivity contribution in [1.29, 1.82) is 0 Å². The number of aliphatic carboxylic acids is 2. The SMILES string of the molecule is CC(C)C1CN(c2ccc(-c3cccc4cnccc34)nn2)CCN1C(=S)Nc1cccc2ncccc12.O=C(O)C(F)(F)F.O=C(O)C(F)(F)F. The molecule has 2 aromatic carbocycles. The van der Waals surface area contributed by atoms with E-state index in [0.717, 1.165) is 69.2 Å². The van der Waals surface area contributed by atoms with Gasteiger partial charge in [0.05, 0.1) is 17.3 Å². The van der Waals surface area contributed by atoms with Gasteiger partial charge in [0, 0.05) is 60.2 Å². The second-order valence-corrected chi connectivity index (χ2v) is 11.9. The zero-order valence-corrected chi connectivity index (χ0v) is 28.2. The Morgan fingerprint density at radius 2 is 1.52 bits per heavy atom. The summed E-state index contributed by atoms with van der Waals surface area (Å²) in [4.78, 5) is 31.1. The molecule has 0 bridgehead atoms. The fourth-order valence-electron chi connectivity index (χ4n) is 5.22. The van der Waals surface area contributed by atoms with Gasteiger partial charge in [0.15, 0.2) is 10.9 Å². The van der Waals surface area contributed by atoms with Gasteiger partial charge in [-0.05, 0) is 66.0 Å². The van der Waals surface area contributed by atoms with Crippen LogP contribution in [0.5, 0.6) is 0 Å². The molecule has 1 fully saturated rings. The molecule has 3 aromatic heterocycles. The summed E-state index contributed by atoms with van der Waals surface area (Å²) in [7, 11) is 0. The number of hydrogen-bond donors (Lipinski definition) is 3. The lowest BCUT2D eigenvalue weighted by Gasteiger charge is -2.45. The number of thiocarbonyl (C=S) groups is 1. The summed E-state index contributed by atoms with van der Waals surface area (Å²) >= 11 is 5.92. The molecule has 18 heteroatoms. The molecule has 0 amide bonds. The molecule has 0 saturated carbocycles. The molecule has 274 valence electrons. The molecule has 5 aromatic rings. The second-order valence-electron chi connectivity index (χ2n) is 11.5. The fourth-order valence-corrected chi connectivity index (χ4v) is 5.56. The Morgan fingerprint density at radius 1 is 0.846 bits per heavy atom. The first-order chi connectivity index (χ1) is 24.5. The van der Waals surface area contributed by atoms with Gasteiger partial charge in [-0.1, -0.05) is 38.1 Å². The number of rotatable bonds is 4. The van der Waals surface area contributed by atoms with E-state index >= 15 is 0 Å². The van der Waals surface area contributed by atoms with Crippen molar-refractivity contribution in [2.45, 2.75) is 32.2 Å². The maximum Gasteiger partial charge on any atom is 0.490 e. The Labute approximate surface area is 297 Å². The lowest BCUT2D eigenvalue weighted by Crippen LogP contribution is -2.58. The summed E-state index contributed by atoms with van der Waals surface area (Å²) in [6.45, 7) is 6.93. The van der Waals surface area contributed by atoms with Crippen LogP contribution in [0, 0.1) is 5.92 Å². The zero-order valence-electron chi connectivity index (χ0n) is 27.4. The molecule has 11 nitrogen and oxygen atoms in total. The highest BCUT2D eigenvalue weighted by atomic mass is 32.1. The second kappa shape index (κ2) is 16.6. The van der Waals surface area contributed by atoms with Gasteiger partial charge >= 0.3 is 24.3 Å². The fraction of sp³-hybridized carbons (Fsp3) is 0.265. The summed E-state index contributed by atoms with van der Waals surface area (Å²) in [6, 6.07) is 22.7. The van der Waals surface area contributed by atoms with Crippen LogP contribution in [-0.2, 0) is 9.59 Å². The number of carboxylic acids is 2. The van der Waals surface area contributed by atoms with Crippen LogP contribution in [0.15, 0.2) is 85.3 Å². The van der Waals surface area contributed by atoms with E-state index in [-0.39, 0.29) is 6.04 Å². The number of fused-ring (bicyclic) bond motifs is 2. The highest BCUT2D eigenvalue weighted by Crippen LogP contribution is 2.29. The molecule has 0 spiro atoms. The van der Waals surface area contributed by atoms with Crippen molar-refractivity contribution >= 4 is 62.4 Å². The number of nitrogens with one attached hydrogen (secondary N) is 1. The van der Waals surface area contributed by atoms with Crippen molar-refractivity contribution in [2.75, 3.05) is 29.9 Å².